The molecule has 0 fully saturated rings. The van der Waals surface area contributed by atoms with E-state index in [4.69, 9.17) is 4.74 Å². The molecule has 8 heteroatoms. The molecule has 0 heterocycles. The molecule has 0 aliphatic carbocycles. The molecule has 2 atom stereocenters. The first-order valence-corrected chi connectivity index (χ1v) is 13.6. The van der Waals surface area contributed by atoms with Gasteiger partial charge in [0.05, 0.1) is 0 Å². The van der Waals surface area contributed by atoms with Crippen molar-refractivity contribution in [3.63, 3.8) is 0 Å². The van der Waals surface area contributed by atoms with Crippen molar-refractivity contribution < 1.29 is 19.1 Å². The molecule has 0 unspecified atom stereocenters. The third kappa shape index (κ3) is 16.0. The van der Waals surface area contributed by atoms with Gasteiger partial charge in [-0.2, -0.15) is 0 Å². The molecule has 210 valence electrons. The number of carbonyl (C=O) groups is 3. The van der Waals surface area contributed by atoms with E-state index in [9.17, 15) is 14.4 Å². The molecule has 1 rings (SSSR count). The van der Waals surface area contributed by atoms with Crippen LogP contribution in [0.3, 0.4) is 0 Å². The monoisotopic (exact) mass is 518 g/mol. The number of carbonyl (C=O) groups excluding carboxylic acids is 3. The van der Waals surface area contributed by atoms with Crippen LogP contribution in [0.2, 0.25) is 0 Å². The number of alkyl carbamates (subject to hydrolysis) is 1. The zero-order chi connectivity index (χ0) is 27.8. The van der Waals surface area contributed by atoms with E-state index < -0.39 is 29.7 Å². The Kier molecular flexibility index (Phi) is 14.9. The Morgan fingerprint density at radius 2 is 1.49 bits per heavy atom. The number of nitrogens with one attached hydrogen (secondary N) is 3. The fraction of sp³-hybridized carbons (Fsp3) is 0.690. The van der Waals surface area contributed by atoms with Gasteiger partial charge in [0.1, 0.15) is 17.7 Å². The minimum absolute atomic E-state index is 0.189. The summed E-state index contributed by atoms with van der Waals surface area (Å²) in [5.74, 6) is -0.388. The van der Waals surface area contributed by atoms with Gasteiger partial charge in [-0.15, -0.1) is 0 Å². The van der Waals surface area contributed by atoms with Gasteiger partial charge in [-0.25, -0.2) is 4.79 Å². The maximum absolute atomic E-state index is 13.3. The Hall–Kier alpha value is -2.61. The van der Waals surface area contributed by atoms with Gasteiger partial charge in [-0.05, 0) is 72.2 Å². The van der Waals surface area contributed by atoms with Gasteiger partial charge in [-0.1, -0.05) is 63.4 Å². The standard InChI is InChI=1S/C29H50N4O4/c1-22(2)20-24(26(34)30-18-14-9-8-10-15-19-33(6)7)31-27(35)25(21-23-16-12-11-13-17-23)32-28(36)37-29(3,4)5/h11-13,16-17,22,24-25H,8-10,14-15,18-21H2,1-7H3,(H,30,34)(H,31,35)(H,32,36)/t24-,25-/m0/s1. The average molecular weight is 519 g/mol. The Labute approximate surface area is 224 Å². The highest BCUT2D eigenvalue weighted by atomic mass is 16.6. The largest absolute Gasteiger partial charge is 0.444 e. The minimum atomic E-state index is -0.873. The molecule has 0 bridgehead atoms. The highest BCUT2D eigenvalue weighted by Crippen LogP contribution is 2.11. The quantitative estimate of drug-likeness (QED) is 0.284. The third-order valence-electron chi connectivity index (χ3n) is 5.71. The van der Waals surface area contributed by atoms with Gasteiger partial charge in [0, 0.05) is 13.0 Å². The molecule has 3 N–H and O–H groups in total. The van der Waals surface area contributed by atoms with Gasteiger partial charge < -0.3 is 25.6 Å². The van der Waals surface area contributed by atoms with Crippen LogP contribution in [-0.2, 0) is 20.7 Å². The minimum Gasteiger partial charge on any atom is -0.444 e. The van der Waals surface area contributed by atoms with Crippen LogP contribution in [0.25, 0.3) is 0 Å². The fourth-order valence-electron chi connectivity index (χ4n) is 3.90. The molecule has 0 aromatic heterocycles. The molecule has 0 saturated carbocycles. The molecule has 0 saturated heterocycles. The van der Waals surface area contributed by atoms with Gasteiger partial charge in [-0.3, -0.25) is 9.59 Å². The molecule has 1 aromatic rings. The molecule has 0 aliphatic heterocycles. The second-order valence-electron chi connectivity index (χ2n) is 11.4. The van der Waals surface area contributed by atoms with Crippen molar-refractivity contribution in [3.05, 3.63) is 35.9 Å². The predicted octanol–water partition coefficient (Wildman–Crippen LogP) is 4.28. The topological polar surface area (TPSA) is 99.8 Å². The van der Waals surface area contributed by atoms with Crippen molar-refractivity contribution in [2.24, 2.45) is 5.92 Å². The molecule has 1 aromatic carbocycles. The first-order valence-electron chi connectivity index (χ1n) is 13.6. The van der Waals surface area contributed by atoms with E-state index in [0.29, 0.717) is 13.0 Å². The third-order valence-corrected chi connectivity index (χ3v) is 5.71. The Morgan fingerprint density at radius 1 is 0.865 bits per heavy atom. The summed E-state index contributed by atoms with van der Waals surface area (Å²) in [6, 6.07) is 7.91. The van der Waals surface area contributed by atoms with Crippen molar-refractivity contribution in [2.45, 2.75) is 97.2 Å². The smallest absolute Gasteiger partial charge is 0.408 e. The lowest BCUT2D eigenvalue weighted by Gasteiger charge is -2.26. The van der Waals surface area contributed by atoms with Gasteiger partial charge in [0.2, 0.25) is 11.8 Å². The summed E-state index contributed by atoms with van der Waals surface area (Å²) in [5.41, 5.74) is 0.207. The number of nitrogens with zero attached hydrogens (tertiary/aromatic N) is 1. The summed E-state index contributed by atoms with van der Waals surface area (Å²) in [4.78, 5) is 40.9. The molecule has 8 nitrogen and oxygen atoms in total. The number of ether oxygens (including phenoxy) is 1. The number of unbranched alkanes of at least 4 members (excludes halogenated alkanes) is 4. The zero-order valence-corrected chi connectivity index (χ0v) is 24.1. The molecule has 0 radical (unpaired) electrons. The predicted molar refractivity (Wildman–Crippen MR) is 149 cm³/mol. The summed E-state index contributed by atoms with van der Waals surface area (Å²) in [6.45, 7) is 11.0. The van der Waals surface area contributed by atoms with Crippen LogP contribution in [0.15, 0.2) is 30.3 Å². The summed E-state index contributed by atoms with van der Waals surface area (Å²) in [5, 5.41) is 8.57. The van der Waals surface area contributed by atoms with E-state index >= 15 is 0 Å². The van der Waals surface area contributed by atoms with Crippen molar-refractivity contribution in [3.8, 4) is 0 Å². The van der Waals surface area contributed by atoms with Crippen LogP contribution in [0.5, 0.6) is 0 Å². The first-order chi connectivity index (χ1) is 17.4. The summed E-state index contributed by atoms with van der Waals surface area (Å²) in [6.07, 6.45) is 5.62. The number of amides is 3. The van der Waals surface area contributed by atoms with E-state index in [1.165, 1.54) is 12.8 Å². The van der Waals surface area contributed by atoms with E-state index in [1.54, 1.807) is 20.8 Å². The van der Waals surface area contributed by atoms with E-state index in [1.807, 2.05) is 44.2 Å². The Balaban J connectivity index is 2.73. The number of hydrogen-bond donors (Lipinski definition) is 3. The molecular weight excluding hydrogens is 468 g/mol. The number of benzene rings is 1. The second-order valence-corrected chi connectivity index (χ2v) is 11.4. The molecule has 37 heavy (non-hydrogen) atoms. The van der Waals surface area contributed by atoms with Crippen LogP contribution in [-0.4, -0.2) is 67.7 Å². The Morgan fingerprint density at radius 3 is 2.08 bits per heavy atom. The first kappa shape index (κ1) is 32.4. The average Bonchev–Trinajstić information content (AvgIpc) is 2.78. The van der Waals surface area contributed by atoms with Crippen LogP contribution in [0, 0.1) is 5.92 Å². The van der Waals surface area contributed by atoms with Crippen molar-refractivity contribution in [2.75, 3.05) is 27.2 Å². The van der Waals surface area contributed by atoms with Gasteiger partial charge in [0.15, 0.2) is 0 Å². The van der Waals surface area contributed by atoms with E-state index in [-0.39, 0.29) is 18.2 Å². The summed E-state index contributed by atoms with van der Waals surface area (Å²) < 4.78 is 5.37. The van der Waals surface area contributed by atoms with E-state index in [2.05, 4.69) is 34.9 Å². The van der Waals surface area contributed by atoms with Crippen LogP contribution in [0.4, 0.5) is 4.79 Å². The highest BCUT2D eigenvalue weighted by molar-refractivity contribution is 5.91. The normalized spacial score (nSPS) is 13.2. The maximum Gasteiger partial charge on any atom is 0.408 e. The zero-order valence-electron chi connectivity index (χ0n) is 24.1. The Bertz CT molecular complexity index is 806. The van der Waals surface area contributed by atoms with Gasteiger partial charge in [0.25, 0.3) is 0 Å². The number of rotatable bonds is 16. The molecule has 0 aliphatic rings. The lowest BCUT2D eigenvalue weighted by molar-refractivity contribution is -0.130. The van der Waals surface area contributed by atoms with Crippen molar-refractivity contribution in [1.82, 2.24) is 20.9 Å². The lowest BCUT2D eigenvalue weighted by Crippen LogP contribution is -2.55. The van der Waals surface area contributed by atoms with Crippen molar-refractivity contribution >= 4 is 17.9 Å². The molecule has 3 amide bonds. The van der Waals surface area contributed by atoms with Crippen LogP contribution < -0.4 is 16.0 Å². The fourth-order valence-corrected chi connectivity index (χ4v) is 3.90. The SMILES string of the molecule is CC(C)C[C@H](NC(=O)[C@H](Cc1ccccc1)NC(=O)OC(C)(C)C)C(=O)NCCCCCCCN(C)C. The number of hydrogen-bond acceptors (Lipinski definition) is 5. The maximum atomic E-state index is 13.3. The van der Waals surface area contributed by atoms with Crippen LogP contribution >= 0.6 is 0 Å². The van der Waals surface area contributed by atoms with E-state index in [0.717, 1.165) is 31.4 Å². The summed E-state index contributed by atoms with van der Waals surface area (Å²) >= 11 is 0. The second kappa shape index (κ2) is 17.0. The van der Waals surface area contributed by atoms with Crippen LogP contribution in [0.1, 0.15) is 78.7 Å². The summed E-state index contributed by atoms with van der Waals surface area (Å²) in [7, 11) is 4.17. The van der Waals surface area contributed by atoms with Crippen molar-refractivity contribution in [1.29, 1.82) is 0 Å². The van der Waals surface area contributed by atoms with Gasteiger partial charge >= 0.3 is 6.09 Å². The highest BCUT2D eigenvalue weighted by Gasteiger charge is 2.29. The molecular formula is C29H50N4O4. The molecule has 0 spiro atoms. The lowest BCUT2D eigenvalue weighted by atomic mass is 10.0.